The van der Waals surface area contributed by atoms with E-state index in [2.05, 4.69) is 0 Å². The summed E-state index contributed by atoms with van der Waals surface area (Å²) < 4.78 is 11.1. The van der Waals surface area contributed by atoms with E-state index in [9.17, 15) is 9.59 Å². The summed E-state index contributed by atoms with van der Waals surface area (Å²) >= 11 is 0. The van der Waals surface area contributed by atoms with E-state index < -0.39 is 12.1 Å². The fourth-order valence-electron chi connectivity index (χ4n) is 4.15. The molecule has 2 atom stereocenters. The third-order valence-corrected chi connectivity index (χ3v) is 5.65. The predicted molar refractivity (Wildman–Crippen MR) is 89.1 cm³/mol. The van der Waals surface area contributed by atoms with Crippen LogP contribution in [0.25, 0.3) is 0 Å². The highest BCUT2D eigenvalue weighted by atomic mass is 16.5. The van der Waals surface area contributed by atoms with E-state index >= 15 is 0 Å². The number of amides is 1. The van der Waals surface area contributed by atoms with Crippen molar-refractivity contribution in [2.75, 3.05) is 13.1 Å². The topological polar surface area (TPSA) is 76.1 Å². The molecule has 6 heteroatoms. The number of hydrogen-bond donors (Lipinski definition) is 1. The molecule has 3 aliphatic heterocycles. The molecule has 6 nitrogen and oxygen atoms in total. The molecule has 1 aromatic rings. The molecule has 4 rings (SSSR count). The number of likely N-dealkylation sites (tertiary alicyclic amines) is 1. The molecule has 134 valence electrons. The number of fused-ring (bicyclic) bond motifs is 1. The van der Waals surface area contributed by atoms with Crippen LogP contribution < -0.4 is 0 Å². The van der Waals surface area contributed by atoms with Crippen molar-refractivity contribution in [3.63, 3.8) is 0 Å². The van der Waals surface area contributed by atoms with E-state index in [0.717, 1.165) is 30.4 Å². The predicted octanol–water partition coefficient (Wildman–Crippen LogP) is 2.20. The van der Waals surface area contributed by atoms with Crippen LogP contribution in [0.3, 0.4) is 0 Å². The minimum Gasteiger partial charge on any atom is -0.479 e. The Labute approximate surface area is 146 Å². The van der Waals surface area contributed by atoms with E-state index in [4.69, 9.17) is 14.6 Å². The van der Waals surface area contributed by atoms with Crippen LogP contribution in [-0.4, -0.2) is 47.2 Å². The summed E-state index contributed by atoms with van der Waals surface area (Å²) in [5, 5.41) is 9.05. The first-order valence-corrected chi connectivity index (χ1v) is 8.99. The maximum absolute atomic E-state index is 12.7. The lowest BCUT2D eigenvalue weighted by Gasteiger charge is -2.34. The average molecular weight is 345 g/mol. The average Bonchev–Trinajstić information content (AvgIpc) is 3.30. The van der Waals surface area contributed by atoms with Gasteiger partial charge in [-0.05, 0) is 54.9 Å². The molecule has 25 heavy (non-hydrogen) atoms. The zero-order valence-corrected chi connectivity index (χ0v) is 14.1. The van der Waals surface area contributed by atoms with Crippen molar-refractivity contribution in [2.24, 2.45) is 5.92 Å². The molecule has 1 N–H and O–H groups in total. The molecular weight excluding hydrogens is 322 g/mol. The van der Waals surface area contributed by atoms with Crippen molar-refractivity contribution in [3.8, 4) is 0 Å². The van der Waals surface area contributed by atoms with E-state index in [1.54, 1.807) is 0 Å². The number of piperidine rings is 1. The largest absolute Gasteiger partial charge is 0.479 e. The number of carbonyl (C=O) groups is 2. The van der Waals surface area contributed by atoms with Gasteiger partial charge in [0.15, 0.2) is 6.10 Å². The summed E-state index contributed by atoms with van der Waals surface area (Å²) in [6.07, 6.45) is 2.51. The highest BCUT2D eigenvalue weighted by Gasteiger charge is 2.37. The fraction of sp³-hybridized carbons (Fsp3) is 0.579. The van der Waals surface area contributed by atoms with Gasteiger partial charge in [-0.3, -0.25) is 4.79 Å². The Kier molecular flexibility index (Phi) is 4.48. The van der Waals surface area contributed by atoms with Crippen molar-refractivity contribution < 1.29 is 24.2 Å². The SMILES string of the molecule is O=C(O)[C@H]1CC[C@@H](C2CCN(C(=O)c3ccc4c(c3)COC4)CC2)O1. The Balaban J connectivity index is 1.34. The molecule has 0 aliphatic carbocycles. The van der Waals surface area contributed by atoms with Gasteiger partial charge in [-0.1, -0.05) is 6.07 Å². The van der Waals surface area contributed by atoms with Crippen LogP contribution in [0.5, 0.6) is 0 Å². The summed E-state index contributed by atoms with van der Waals surface area (Å²) in [7, 11) is 0. The Bertz CT molecular complexity index is 680. The summed E-state index contributed by atoms with van der Waals surface area (Å²) in [6, 6.07) is 5.83. The number of aliphatic carboxylic acids is 1. The third kappa shape index (κ3) is 3.28. The first-order chi connectivity index (χ1) is 12.1. The molecule has 2 saturated heterocycles. The number of carbonyl (C=O) groups excluding carboxylic acids is 1. The Hall–Kier alpha value is -1.92. The molecule has 1 aromatic carbocycles. The number of carboxylic acids is 1. The minimum absolute atomic E-state index is 0.0236. The van der Waals surface area contributed by atoms with Gasteiger partial charge in [0.05, 0.1) is 19.3 Å². The van der Waals surface area contributed by atoms with Gasteiger partial charge in [0.1, 0.15) is 0 Å². The number of carboxylic acid groups (broad SMARTS) is 1. The van der Waals surface area contributed by atoms with Crippen molar-refractivity contribution in [1.82, 2.24) is 4.90 Å². The van der Waals surface area contributed by atoms with Gasteiger partial charge in [0.2, 0.25) is 0 Å². The second-order valence-corrected chi connectivity index (χ2v) is 7.18. The number of hydrogen-bond acceptors (Lipinski definition) is 4. The second-order valence-electron chi connectivity index (χ2n) is 7.18. The maximum atomic E-state index is 12.7. The van der Waals surface area contributed by atoms with Crippen LogP contribution in [0.1, 0.15) is 47.2 Å². The van der Waals surface area contributed by atoms with E-state index in [1.807, 2.05) is 23.1 Å². The number of ether oxygens (including phenoxy) is 2. The van der Waals surface area contributed by atoms with Gasteiger partial charge in [0, 0.05) is 18.7 Å². The van der Waals surface area contributed by atoms with Crippen molar-refractivity contribution in [2.45, 2.75) is 51.1 Å². The van der Waals surface area contributed by atoms with Crippen molar-refractivity contribution >= 4 is 11.9 Å². The first kappa shape index (κ1) is 16.5. The zero-order chi connectivity index (χ0) is 17.4. The highest BCUT2D eigenvalue weighted by Crippen LogP contribution is 2.32. The van der Waals surface area contributed by atoms with Crippen molar-refractivity contribution in [1.29, 1.82) is 0 Å². The van der Waals surface area contributed by atoms with Crippen molar-refractivity contribution in [3.05, 3.63) is 34.9 Å². The van der Waals surface area contributed by atoms with Gasteiger partial charge >= 0.3 is 5.97 Å². The molecular formula is C19H23NO5. The number of rotatable bonds is 3. The molecule has 0 bridgehead atoms. The first-order valence-electron chi connectivity index (χ1n) is 8.99. The summed E-state index contributed by atoms with van der Waals surface area (Å²) in [5.41, 5.74) is 3.01. The summed E-state index contributed by atoms with van der Waals surface area (Å²) in [6.45, 7) is 2.62. The highest BCUT2D eigenvalue weighted by molar-refractivity contribution is 5.94. The lowest BCUT2D eigenvalue weighted by atomic mass is 9.89. The van der Waals surface area contributed by atoms with E-state index in [0.29, 0.717) is 38.6 Å². The third-order valence-electron chi connectivity index (χ3n) is 5.65. The lowest BCUT2D eigenvalue weighted by molar-refractivity contribution is -0.150. The molecule has 3 aliphatic rings. The molecule has 0 unspecified atom stereocenters. The molecule has 0 spiro atoms. The van der Waals surface area contributed by atoms with Crippen LogP contribution in [0.2, 0.25) is 0 Å². The van der Waals surface area contributed by atoms with Crippen LogP contribution in [0, 0.1) is 5.92 Å². The maximum Gasteiger partial charge on any atom is 0.332 e. The minimum atomic E-state index is -0.865. The van der Waals surface area contributed by atoms with Crippen LogP contribution in [0.15, 0.2) is 18.2 Å². The summed E-state index contributed by atoms with van der Waals surface area (Å²) in [5.74, 6) is -0.443. The van der Waals surface area contributed by atoms with E-state index in [1.165, 1.54) is 5.56 Å². The molecule has 0 saturated carbocycles. The van der Waals surface area contributed by atoms with E-state index in [-0.39, 0.29) is 12.0 Å². The van der Waals surface area contributed by atoms with Gasteiger partial charge < -0.3 is 19.5 Å². The Morgan fingerprint density at radius 3 is 2.52 bits per heavy atom. The lowest BCUT2D eigenvalue weighted by Crippen LogP contribution is -2.41. The van der Waals surface area contributed by atoms with Crippen LogP contribution in [-0.2, 0) is 27.5 Å². The molecule has 1 amide bonds. The standard InChI is InChI=1S/C19H23NO5/c21-18(13-1-2-14-10-24-11-15(14)9-13)20-7-5-12(6-8-20)16-3-4-17(25-16)19(22)23/h1-2,9,12,16-17H,3-8,10-11H2,(H,22,23)/t16-,17+/m0/s1. The normalized spacial score (nSPS) is 26.6. The van der Waals surface area contributed by atoms with Crippen LogP contribution >= 0.6 is 0 Å². The Morgan fingerprint density at radius 2 is 1.80 bits per heavy atom. The monoisotopic (exact) mass is 345 g/mol. The number of benzene rings is 1. The molecule has 3 heterocycles. The molecule has 2 fully saturated rings. The zero-order valence-electron chi connectivity index (χ0n) is 14.1. The molecule has 0 aromatic heterocycles. The quantitative estimate of drug-likeness (QED) is 0.909. The van der Waals surface area contributed by atoms with Gasteiger partial charge in [-0.2, -0.15) is 0 Å². The fourth-order valence-corrected chi connectivity index (χ4v) is 4.15. The van der Waals surface area contributed by atoms with Gasteiger partial charge in [-0.15, -0.1) is 0 Å². The van der Waals surface area contributed by atoms with Gasteiger partial charge in [-0.25, -0.2) is 4.79 Å². The molecule has 0 radical (unpaired) electrons. The van der Waals surface area contributed by atoms with Gasteiger partial charge in [0.25, 0.3) is 5.91 Å². The Morgan fingerprint density at radius 1 is 1.04 bits per heavy atom. The van der Waals surface area contributed by atoms with Crippen LogP contribution in [0.4, 0.5) is 0 Å². The summed E-state index contributed by atoms with van der Waals surface area (Å²) in [4.78, 5) is 25.7. The number of nitrogens with zero attached hydrogens (tertiary/aromatic N) is 1. The second kappa shape index (κ2) is 6.77. The smallest absolute Gasteiger partial charge is 0.332 e.